The minimum absolute atomic E-state index is 0. The summed E-state index contributed by atoms with van der Waals surface area (Å²) < 4.78 is 0. The summed E-state index contributed by atoms with van der Waals surface area (Å²) in [4.78, 5) is 9.88. The monoisotopic (exact) mass is 402 g/mol. The Kier molecular flexibility index (Phi) is 6.94. The number of hydrogen-bond donors (Lipinski definition) is 2. The third-order valence-electron chi connectivity index (χ3n) is 2.63. The maximum Gasteiger partial charge on any atom is 0.193 e. The third kappa shape index (κ3) is 5.09. The number of nitrogens with one attached hydrogen (secondary N) is 1. The van der Waals surface area contributed by atoms with E-state index in [2.05, 4.69) is 22.2 Å². The number of nitrogens with two attached hydrogens (primary N) is 1. The first-order chi connectivity index (χ1) is 9.17. The van der Waals surface area contributed by atoms with Crippen molar-refractivity contribution in [2.24, 2.45) is 10.7 Å². The topological polar surface area (TPSA) is 63.3 Å². The summed E-state index contributed by atoms with van der Waals surface area (Å²) in [6, 6.07) is 8.02. The minimum Gasteiger partial charge on any atom is -0.370 e. The molecule has 1 aromatic heterocycles. The van der Waals surface area contributed by atoms with Crippen molar-refractivity contribution in [2.45, 2.75) is 26.8 Å². The normalized spacial score (nSPS) is 11.0. The van der Waals surface area contributed by atoms with Gasteiger partial charge in [-0.2, -0.15) is 0 Å². The summed E-state index contributed by atoms with van der Waals surface area (Å²) in [5.41, 5.74) is 8.00. The largest absolute Gasteiger partial charge is 0.370 e. The molecule has 0 radical (unpaired) electrons. The van der Waals surface area contributed by atoms with Crippen LogP contribution in [0.4, 0.5) is 5.69 Å². The zero-order valence-corrected chi connectivity index (χ0v) is 14.7. The standard InChI is InChI=1S/C14H18N4S.HI/c1-3-12-8-16-13(19-12)9-17-14(15)18-11-6-4-5-10(2)7-11;/h4-8H,3,9H2,1-2H3,(H3,15,17,18);1H. The van der Waals surface area contributed by atoms with Crippen LogP contribution >= 0.6 is 35.3 Å². The minimum atomic E-state index is 0. The molecule has 1 aromatic carbocycles. The predicted molar refractivity (Wildman–Crippen MR) is 97.0 cm³/mol. The van der Waals surface area contributed by atoms with Crippen molar-refractivity contribution in [1.29, 1.82) is 0 Å². The maximum atomic E-state index is 5.86. The Morgan fingerprint density at radius 2 is 2.25 bits per heavy atom. The molecule has 20 heavy (non-hydrogen) atoms. The Morgan fingerprint density at radius 1 is 1.45 bits per heavy atom. The number of anilines is 1. The molecule has 0 aliphatic heterocycles. The van der Waals surface area contributed by atoms with Crippen LogP contribution in [-0.2, 0) is 13.0 Å². The summed E-state index contributed by atoms with van der Waals surface area (Å²) in [6.07, 6.45) is 2.91. The van der Waals surface area contributed by atoms with Gasteiger partial charge in [0.25, 0.3) is 0 Å². The number of hydrogen-bond acceptors (Lipinski definition) is 3. The molecule has 0 fully saturated rings. The Hall–Kier alpha value is -1.15. The lowest BCUT2D eigenvalue weighted by molar-refractivity contribution is 1.03. The third-order valence-corrected chi connectivity index (χ3v) is 3.75. The Balaban J connectivity index is 0.00000200. The van der Waals surface area contributed by atoms with E-state index < -0.39 is 0 Å². The lowest BCUT2D eigenvalue weighted by Gasteiger charge is -2.05. The fraction of sp³-hybridized carbons (Fsp3) is 0.286. The lowest BCUT2D eigenvalue weighted by Crippen LogP contribution is -2.22. The predicted octanol–water partition coefficient (Wildman–Crippen LogP) is 3.56. The van der Waals surface area contributed by atoms with Crippen LogP contribution in [0.3, 0.4) is 0 Å². The number of benzene rings is 1. The summed E-state index contributed by atoms with van der Waals surface area (Å²) >= 11 is 1.68. The number of aliphatic imine (C=N–C) groups is 1. The first-order valence-electron chi connectivity index (χ1n) is 6.24. The molecular weight excluding hydrogens is 383 g/mol. The van der Waals surface area contributed by atoms with Gasteiger partial charge in [-0.05, 0) is 31.0 Å². The fourth-order valence-corrected chi connectivity index (χ4v) is 2.43. The average Bonchev–Trinajstić information content (AvgIpc) is 2.84. The summed E-state index contributed by atoms with van der Waals surface area (Å²) in [6.45, 7) is 4.68. The van der Waals surface area contributed by atoms with Crippen LogP contribution in [0.15, 0.2) is 35.5 Å². The maximum absolute atomic E-state index is 5.86. The van der Waals surface area contributed by atoms with Crippen LogP contribution < -0.4 is 11.1 Å². The highest BCUT2D eigenvalue weighted by Gasteiger charge is 2.00. The zero-order chi connectivity index (χ0) is 13.7. The molecule has 0 unspecified atom stereocenters. The highest BCUT2D eigenvalue weighted by molar-refractivity contribution is 14.0. The molecule has 0 amide bonds. The highest BCUT2D eigenvalue weighted by Crippen LogP contribution is 2.14. The smallest absolute Gasteiger partial charge is 0.193 e. The Labute approximate surface area is 140 Å². The van der Waals surface area contributed by atoms with Crippen molar-refractivity contribution in [3.05, 3.63) is 45.9 Å². The number of thiazole rings is 1. The molecule has 0 spiro atoms. The van der Waals surface area contributed by atoms with Gasteiger partial charge in [0.05, 0.1) is 6.54 Å². The van der Waals surface area contributed by atoms with Crippen molar-refractivity contribution in [1.82, 2.24) is 4.98 Å². The van der Waals surface area contributed by atoms with E-state index in [0.29, 0.717) is 12.5 Å². The molecule has 1 heterocycles. The summed E-state index contributed by atoms with van der Waals surface area (Å²) in [5, 5.41) is 4.07. The van der Waals surface area contributed by atoms with E-state index >= 15 is 0 Å². The van der Waals surface area contributed by atoms with E-state index in [9.17, 15) is 0 Å². The van der Waals surface area contributed by atoms with E-state index in [1.54, 1.807) is 11.3 Å². The van der Waals surface area contributed by atoms with Crippen LogP contribution in [-0.4, -0.2) is 10.9 Å². The quantitative estimate of drug-likeness (QED) is 0.467. The second-order valence-electron chi connectivity index (χ2n) is 4.27. The molecule has 2 rings (SSSR count). The van der Waals surface area contributed by atoms with Crippen LogP contribution in [0.25, 0.3) is 0 Å². The van der Waals surface area contributed by atoms with Crippen molar-refractivity contribution in [3.63, 3.8) is 0 Å². The molecule has 108 valence electrons. The second-order valence-corrected chi connectivity index (χ2v) is 5.47. The number of aromatic nitrogens is 1. The van der Waals surface area contributed by atoms with Crippen LogP contribution in [0.1, 0.15) is 22.4 Å². The SMILES string of the molecule is CCc1cnc(CN=C(N)Nc2cccc(C)c2)s1.I. The van der Waals surface area contributed by atoms with Gasteiger partial charge in [0, 0.05) is 16.8 Å². The van der Waals surface area contributed by atoms with E-state index in [-0.39, 0.29) is 24.0 Å². The van der Waals surface area contributed by atoms with E-state index in [4.69, 9.17) is 5.73 Å². The van der Waals surface area contributed by atoms with Crippen molar-refractivity contribution in [2.75, 3.05) is 5.32 Å². The molecule has 2 aromatic rings. The van der Waals surface area contributed by atoms with Gasteiger partial charge in [0.15, 0.2) is 5.96 Å². The van der Waals surface area contributed by atoms with E-state index in [1.807, 2.05) is 37.4 Å². The molecule has 0 saturated heterocycles. The molecule has 0 aliphatic rings. The molecule has 0 aliphatic carbocycles. The zero-order valence-electron chi connectivity index (χ0n) is 11.6. The number of rotatable bonds is 4. The fourth-order valence-electron chi connectivity index (χ4n) is 1.65. The summed E-state index contributed by atoms with van der Waals surface area (Å²) in [7, 11) is 0. The van der Waals surface area contributed by atoms with Crippen molar-refractivity contribution in [3.8, 4) is 0 Å². The van der Waals surface area contributed by atoms with Gasteiger partial charge >= 0.3 is 0 Å². The van der Waals surface area contributed by atoms with Crippen LogP contribution in [0, 0.1) is 6.92 Å². The van der Waals surface area contributed by atoms with Gasteiger partial charge in [-0.15, -0.1) is 35.3 Å². The van der Waals surface area contributed by atoms with Gasteiger partial charge in [0.1, 0.15) is 5.01 Å². The van der Waals surface area contributed by atoms with Gasteiger partial charge in [-0.3, -0.25) is 0 Å². The number of aryl methyl sites for hydroxylation is 2. The molecule has 4 nitrogen and oxygen atoms in total. The molecular formula is C14H19IN4S. The lowest BCUT2D eigenvalue weighted by atomic mass is 10.2. The Bertz CT molecular complexity index is 580. The average molecular weight is 402 g/mol. The molecule has 0 saturated carbocycles. The molecule has 3 N–H and O–H groups in total. The van der Waals surface area contributed by atoms with Crippen molar-refractivity contribution < 1.29 is 0 Å². The first kappa shape index (κ1) is 16.9. The summed E-state index contributed by atoms with van der Waals surface area (Å²) in [5.74, 6) is 0.416. The highest BCUT2D eigenvalue weighted by atomic mass is 127. The molecule has 0 atom stereocenters. The van der Waals surface area contributed by atoms with Gasteiger partial charge in [0.2, 0.25) is 0 Å². The van der Waals surface area contributed by atoms with Crippen LogP contribution in [0.2, 0.25) is 0 Å². The second kappa shape index (κ2) is 8.21. The number of guanidine groups is 1. The molecule has 6 heteroatoms. The molecule has 0 bridgehead atoms. The van der Waals surface area contributed by atoms with Gasteiger partial charge in [-0.25, -0.2) is 9.98 Å². The van der Waals surface area contributed by atoms with Gasteiger partial charge < -0.3 is 11.1 Å². The number of halogens is 1. The van der Waals surface area contributed by atoms with Gasteiger partial charge in [-0.1, -0.05) is 19.1 Å². The van der Waals surface area contributed by atoms with Crippen molar-refractivity contribution >= 4 is 47.0 Å². The van der Waals surface area contributed by atoms with Crippen LogP contribution in [0.5, 0.6) is 0 Å². The first-order valence-corrected chi connectivity index (χ1v) is 7.06. The Morgan fingerprint density at radius 3 is 2.90 bits per heavy atom. The van der Waals surface area contributed by atoms with E-state index in [0.717, 1.165) is 17.1 Å². The van der Waals surface area contributed by atoms with E-state index in [1.165, 1.54) is 10.4 Å². The number of nitrogens with zero attached hydrogens (tertiary/aromatic N) is 2.